The minimum Gasteiger partial charge on any atom is -0.481 e. The number of rotatable bonds is 5. The maximum atomic E-state index is 12.2. The predicted molar refractivity (Wildman–Crippen MR) is 65.5 cm³/mol. The summed E-state index contributed by atoms with van der Waals surface area (Å²) in [7, 11) is 0. The van der Waals surface area contributed by atoms with E-state index in [0.29, 0.717) is 31.8 Å². The van der Waals surface area contributed by atoms with E-state index < -0.39 is 11.9 Å². The molecule has 1 N–H and O–H groups in total. The van der Waals surface area contributed by atoms with Gasteiger partial charge in [0, 0.05) is 13.1 Å². The van der Waals surface area contributed by atoms with Crippen LogP contribution in [0.4, 0.5) is 0 Å². The summed E-state index contributed by atoms with van der Waals surface area (Å²) in [5.74, 6) is -1.45. The average molecular weight is 239 g/mol. The van der Waals surface area contributed by atoms with Gasteiger partial charge in [0.1, 0.15) is 0 Å². The van der Waals surface area contributed by atoms with E-state index in [1.54, 1.807) is 11.0 Å². The van der Waals surface area contributed by atoms with Gasteiger partial charge in [-0.3, -0.25) is 9.59 Å². The normalized spacial score (nSPS) is 27.8. The molecule has 0 heterocycles. The van der Waals surface area contributed by atoms with Crippen LogP contribution in [0.25, 0.3) is 0 Å². The molecule has 96 valence electrons. The lowest BCUT2D eigenvalue weighted by Gasteiger charge is -2.24. The first-order valence-electron chi connectivity index (χ1n) is 6.13. The Balaban J connectivity index is 2.78. The molecule has 1 aliphatic rings. The molecule has 3 atom stereocenters. The van der Waals surface area contributed by atoms with Gasteiger partial charge in [-0.2, -0.15) is 0 Å². The zero-order valence-corrected chi connectivity index (χ0v) is 10.6. The summed E-state index contributed by atoms with van der Waals surface area (Å²) in [6.45, 7) is 8.61. The molecule has 0 bridgehead atoms. The van der Waals surface area contributed by atoms with Gasteiger partial charge >= 0.3 is 5.97 Å². The van der Waals surface area contributed by atoms with Crippen LogP contribution in [0.5, 0.6) is 0 Å². The highest BCUT2D eigenvalue weighted by Crippen LogP contribution is 2.37. The Kier molecular flexibility index (Phi) is 4.73. The van der Waals surface area contributed by atoms with Crippen LogP contribution in [0.2, 0.25) is 0 Å². The van der Waals surface area contributed by atoms with Crippen LogP contribution in [0, 0.1) is 17.8 Å². The van der Waals surface area contributed by atoms with Crippen molar-refractivity contribution >= 4 is 11.9 Å². The molecule has 4 nitrogen and oxygen atoms in total. The van der Waals surface area contributed by atoms with Crippen molar-refractivity contribution in [3.63, 3.8) is 0 Å². The van der Waals surface area contributed by atoms with Crippen molar-refractivity contribution in [1.82, 2.24) is 4.90 Å². The molecule has 4 heteroatoms. The van der Waals surface area contributed by atoms with Crippen LogP contribution in [0.3, 0.4) is 0 Å². The summed E-state index contributed by atoms with van der Waals surface area (Å²) < 4.78 is 0. The largest absolute Gasteiger partial charge is 0.481 e. The van der Waals surface area contributed by atoms with E-state index in [4.69, 9.17) is 5.11 Å². The molecule has 1 fully saturated rings. The van der Waals surface area contributed by atoms with Crippen molar-refractivity contribution in [3.8, 4) is 0 Å². The summed E-state index contributed by atoms with van der Waals surface area (Å²) >= 11 is 0. The number of hydrogen-bond donors (Lipinski definition) is 1. The lowest BCUT2D eigenvalue weighted by molar-refractivity contribution is -0.148. The van der Waals surface area contributed by atoms with E-state index in [1.807, 2.05) is 13.8 Å². The summed E-state index contributed by atoms with van der Waals surface area (Å²) in [6.07, 6.45) is 2.97. The maximum Gasteiger partial charge on any atom is 0.307 e. The molecule has 0 radical (unpaired) electrons. The second kappa shape index (κ2) is 5.84. The Bertz CT molecular complexity index is 314. The van der Waals surface area contributed by atoms with Crippen LogP contribution < -0.4 is 0 Å². The smallest absolute Gasteiger partial charge is 0.307 e. The van der Waals surface area contributed by atoms with Crippen molar-refractivity contribution in [2.75, 3.05) is 13.1 Å². The molecule has 0 saturated heterocycles. The fraction of sp³-hybridized carbons (Fsp3) is 0.692. The van der Waals surface area contributed by atoms with Gasteiger partial charge in [-0.25, -0.2) is 0 Å². The molecule has 0 spiro atoms. The fourth-order valence-corrected chi connectivity index (χ4v) is 2.60. The number of amides is 1. The van der Waals surface area contributed by atoms with Gasteiger partial charge in [0.2, 0.25) is 5.91 Å². The first-order chi connectivity index (χ1) is 8.01. The van der Waals surface area contributed by atoms with Crippen LogP contribution >= 0.6 is 0 Å². The van der Waals surface area contributed by atoms with E-state index in [9.17, 15) is 9.59 Å². The van der Waals surface area contributed by atoms with E-state index in [0.717, 1.165) is 0 Å². The Labute approximate surface area is 102 Å². The Morgan fingerprint density at radius 2 is 2.00 bits per heavy atom. The van der Waals surface area contributed by atoms with Gasteiger partial charge in [0.25, 0.3) is 0 Å². The minimum atomic E-state index is -0.845. The average Bonchev–Trinajstić information content (AvgIpc) is 2.67. The van der Waals surface area contributed by atoms with Crippen LogP contribution in [0.15, 0.2) is 12.7 Å². The van der Waals surface area contributed by atoms with Crippen molar-refractivity contribution in [1.29, 1.82) is 0 Å². The van der Waals surface area contributed by atoms with Gasteiger partial charge < -0.3 is 10.0 Å². The first-order valence-corrected chi connectivity index (χ1v) is 6.13. The second-order valence-corrected chi connectivity index (χ2v) is 4.79. The lowest BCUT2D eigenvalue weighted by atomic mass is 9.94. The highest BCUT2D eigenvalue weighted by molar-refractivity contribution is 5.85. The predicted octanol–water partition coefficient (Wildman–Crippen LogP) is 1.77. The van der Waals surface area contributed by atoms with E-state index in [2.05, 4.69) is 6.58 Å². The molecule has 0 aromatic rings. The van der Waals surface area contributed by atoms with Crippen molar-refractivity contribution < 1.29 is 14.7 Å². The van der Waals surface area contributed by atoms with E-state index in [-0.39, 0.29) is 11.8 Å². The summed E-state index contributed by atoms with van der Waals surface area (Å²) in [4.78, 5) is 25.1. The number of likely N-dealkylation sites (N-methyl/N-ethyl adjacent to an activating group) is 1. The Morgan fingerprint density at radius 3 is 2.47 bits per heavy atom. The van der Waals surface area contributed by atoms with Gasteiger partial charge in [-0.15, -0.1) is 6.58 Å². The molecular weight excluding hydrogens is 218 g/mol. The highest BCUT2D eigenvalue weighted by atomic mass is 16.4. The monoisotopic (exact) mass is 239 g/mol. The number of carboxylic acids is 1. The molecule has 1 unspecified atom stereocenters. The minimum absolute atomic E-state index is 0.0378. The first kappa shape index (κ1) is 13.7. The standard InChI is InChI=1S/C13H21NO3/c1-4-6-14(5-2)12(15)10-7-9(3)8-11(10)13(16)17/h4,9-11H,1,5-8H2,2-3H3,(H,16,17)/t9?,10-,11+/m0/s1. The number of aliphatic carboxylic acids is 1. The number of carbonyl (C=O) groups excluding carboxylic acids is 1. The maximum absolute atomic E-state index is 12.2. The summed E-state index contributed by atoms with van der Waals surface area (Å²) in [5.41, 5.74) is 0. The van der Waals surface area contributed by atoms with Crippen LogP contribution in [0.1, 0.15) is 26.7 Å². The fourth-order valence-electron chi connectivity index (χ4n) is 2.60. The Morgan fingerprint density at radius 1 is 1.41 bits per heavy atom. The summed E-state index contributed by atoms with van der Waals surface area (Å²) in [5, 5.41) is 9.14. The quantitative estimate of drug-likeness (QED) is 0.744. The topological polar surface area (TPSA) is 57.6 Å². The van der Waals surface area contributed by atoms with Gasteiger partial charge in [0.15, 0.2) is 0 Å². The van der Waals surface area contributed by atoms with E-state index in [1.165, 1.54) is 0 Å². The van der Waals surface area contributed by atoms with Crippen molar-refractivity contribution in [3.05, 3.63) is 12.7 Å². The third kappa shape index (κ3) is 3.08. The molecule has 1 amide bonds. The van der Waals surface area contributed by atoms with Gasteiger partial charge in [0.05, 0.1) is 11.8 Å². The molecule has 1 saturated carbocycles. The number of carboxylic acid groups (broad SMARTS) is 1. The highest BCUT2D eigenvalue weighted by Gasteiger charge is 2.42. The molecule has 1 rings (SSSR count). The number of nitrogens with zero attached hydrogens (tertiary/aromatic N) is 1. The van der Waals surface area contributed by atoms with Crippen molar-refractivity contribution in [2.24, 2.45) is 17.8 Å². The summed E-state index contributed by atoms with van der Waals surface area (Å²) in [6, 6.07) is 0. The zero-order chi connectivity index (χ0) is 13.0. The molecule has 1 aliphatic carbocycles. The van der Waals surface area contributed by atoms with Crippen LogP contribution in [-0.2, 0) is 9.59 Å². The lowest BCUT2D eigenvalue weighted by Crippen LogP contribution is -2.39. The zero-order valence-electron chi connectivity index (χ0n) is 10.6. The molecule has 0 aromatic heterocycles. The SMILES string of the molecule is C=CCN(CC)C(=O)[C@H]1CC(C)C[C@H]1C(=O)O. The third-order valence-electron chi connectivity index (χ3n) is 3.48. The molecule has 0 aliphatic heterocycles. The number of hydrogen-bond acceptors (Lipinski definition) is 2. The molecule has 17 heavy (non-hydrogen) atoms. The van der Waals surface area contributed by atoms with E-state index >= 15 is 0 Å². The van der Waals surface area contributed by atoms with Gasteiger partial charge in [-0.05, 0) is 25.7 Å². The van der Waals surface area contributed by atoms with Crippen LogP contribution in [-0.4, -0.2) is 35.0 Å². The van der Waals surface area contributed by atoms with Crippen molar-refractivity contribution in [2.45, 2.75) is 26.7 Å². The number of carbonyl (C=O) groups is 2. The Hall–Kier alpha value is -1.32. The molecular formula is C13H21NO3. The second-order valence-electron chi connectivity index (χ2n) is 4.79. The molecule has 0 aromatic carbocycles. The third-order valence-corrected chi connectivity index (χ3v) is 3.48. The van der Waals surface area contributed by atoms with Gasteiger partial charge in [-0.1, -0.05) is 13.0 Å².